The van der Waals surface area contributed by atoms with E-state index >= 15 is 0 Å². The van der Waals surface area contributed by atoms with Crippen LogP contribution in [0.15, 0.2) is 18.3 Å². The molecule has 1 aromatic heterocycles. The summed E-state index contributed by atoms with van der Waals surface area (Å²) in [5.74, 6) is -0.316. The maximum absolute atomic E-state index is 12.0. The summed E-state index contributed by atoms with van der Waals surface area (Å²) in [6.45, 7) is -0.210. The van der Waals surface area contributed by atoms with Crippen molar-refractivity contribution in [1.82, 2.24) is 15.0 Å². The minimum absolute atomic E-state index is 0.146. The second kappa shape index (κ2) is 7.49. The maximum Gasteiger partial charge on any atom is 0.412 e. The Kier molecular flexibility index (Phi) is 5.64. The van der Waals surface area contributed by atoms with Crippen molar-refractivity contribution < 1.29 is 14.3 Å². The highest BCUT2D eigenvalue weighted by atomic mass is 35.5. The van der Waals surface area contributed by atoms with Crippen LogP contribution in [0.4, 0.5) is 16.3 Å². The summed E-state index contributed by atoms with van der Waals surface area (Å²) in [6.07, 6.45) is 0.577. The van der Waals surface area contributed by atoms with Gasteiger partial charge in [-0.1, -0.05) is 34.8 Å². The van der Waals surface area contributed by atoms with Crippen molar-refractivity contribution in [2.45, 2.75) is 6.54 Å². The average molecular weight is 379 g/mol. The number of carbonyl (C=O) groups excluding carboxylic acids is 2. The van der Waals surface area contributed by atoms with E-state index in [0.717, 1.165) is 4.80 Å². The lowest BCUT2D eigenvalue weighted by molar-refractivity contribution is -0.117. The third-order valence-corrected chi connectivity index (χ3v) is 3.32. The van der Waals surface area contributed by atoms with Crippen LogP contribution in [0.5, 0.6) is 0 Å². The van der Waals surface area contributed by atoms with Crippen LogP contribution in [-0.2, 0) is 16.1 Å². The molecule has 0 aliphatic heterocycles. The predicted octanol–water partition coefficient (Wildman–Crippen LogP) is 3.06. The van der Waals surface area contributed by atoms with E-state index in [4.69, 9.17) is 34.8 Å². The Morgan fingerprint density at radius 1 is 1.22 bits per heavy atom. The highest BCUT2D eigenvalue weighted by molar-refractivity contribution is 6.42. The number of hydrogen-bond acceptors (Lipinski definition) is 5. The van der Waals surface area contributed by atoms with Crippen molar-refractivity contribution in [2.24, 2.45) is 0 Å². The topological polar surface area (TPSA) is 98.1 Å². The highest BCUT2D eigenvalue weighted by Gasteiger charge is 2.13. The Morgan fingerprint density at radius 3 is 2.48 bits per heavy atom. The quantitative estimate of drug-likeness (QED) is 0.852. The lowest BCUT2D eigenvalue weighted by Gasteiger charge is -2.09. The molecule has 1 heterocycles. The fourth-order valence-electron chi connectivity index (χ4n) is 1.56. The highest BCUT2D eigenvalue weighted by Crippen LogP contribution is 2.33. The molecule has 1 aromatic carbocycles. The van der Waals surface area contributed by atoms with Gasteiger partial charge in [-0.25, -0.2) is 4.79 Å². The Labute approximate surface area is 145 Å². The molecule has 2 aromatic rings. The summed E-state index contributed by atoms with van der Waals surface area (Å²) in [5.41, 5.74) is 0.239. The lowest BCUT2D eigenvalue weighted by atomic mass is 10.3. The molecule has 0 saturated heterocycles. The number of carbonyl (C=O) groups is 2. The summed E-state index contributed by atoms with van der Waals surface area (Å²) in [7, 11) is 1.22. The number of anilines is 2. The van der Waals surface area contributed by atoms with E-state index in [1.165, 1.54) is 25.4 Å². The molecule has 122 valence electrons. The van der Waals surface area contributed by atoms with Crippen molar-refractivity contribution in [3.63, 3.8) is 0 Å². The first-order chi connectivity index (χ1) is 10.9. The fourth-order valence-corrected chi connectivity index (χ4v) is 2.47. The average Bonchev–Trinajstić information content (AvgIpc) is 2.89. The molecule has 2 N–H and O–H groups in total. The molecule has 11 heteroatoms. The molecule has 23 heavy (non-hydrogen) atoms. The molecular formula is C12H10Cl3N5O3. The number of amides is 2. The summed E-state index contributed by atoms with van der Waals surface area (Å²) < 4.78 is 4.41. The molecule has 0 saturated carbocycles. The minimum atomic E-state index is -0.693. The molecule has 0 aliphatic rings. The van der Waals surface area contributed by atoms with E-state index in [2.05, 4.69) is 25.6 Å². The van der Waals surface area contributed by atoms with E-state index in [1.807, 2.05) is 0 Å². The Hall–Kier alpha value is -2.03. The molecule has 0 fully saturated rings. The summed E-state index contributed by atoms with van der Waals surface area (Å²) >= 11 is 17.7. The van der Waals surface area contributed by atoms with Crippen LogP contribution in [0, 0.1) is 0 Å². The number of nitrogens with zero attached hydrogens (tertiary/aromatic N) is 3. The molecule has 0 unspecified atom stereocenters. The second-order valence-electron chi connectivity index (χ2n) is 4.17. The van der Waals surface area contributed by atoms with E-state index in [1.54, 1.807) is 0 Å². The van der Waals surface area contributed by atoms with Crippen molar-refractivity contribution >= 4 is 58.3 Å². The smallest absolute Gasteiger partial charge is 0.412 e. The van der Waals surface area contributed by atoms with Crippen LogP contribution < -0.4 is 10.6 Å². The summed E-state index contributed by atoms with van der Waals surface area (Å²) in [5, 5.41) is 13.3. The monoisotopic (exact) mass is 377 g/mol. The van der Waals surface area contributed by atoms with E-state index in [9.17, 15) is 9.59 Å². The number of aromatic nitrogens is 3. The van der Waals surface area contributed by atoms with Crippen molar-refractivity contribution in [3.05, 3.63) is 33.4 Å². The minimum Gasteiger partial charge on any atom is -0.453 e. The lowest BCUT2D eigenvalue weighted by Crippen LogP contribution is -2.21. The van der Waals surface area contributed by atoms with Gasteiger partial charge in [-0.05, 0) is 12.1 Å². The Balaban J connectivity index is 2.02. The number of rotatable bonds is 4. The van der Waals surface area contributed by atoms with Gasteiger partial charge < -0.3 is 10.1 Å². The first-order valence-electron chi connectivity index (χ1n) is 6.08. The van der Waals surface area contributed by atoms with Gasteiger partial charge in [0.1, 0.15) is 6.54 Å². The van der Waals surface area contributed by atoms with Gasteiger partial charge in [0, 0.05) is 5.02 Å². The summed E-state index contributed by atoms with van der Waals surface area (Å²) in [6, 6.07) is 2.91. The summed E-state index contributed by atoms with van der Waals surface area (Å²) in [4.78, 5) is 24.1. The zero-order valence-electron chi connectivity index (χ0n) is 11.6. The first kappa shape index (κ1) is 17.3. The number of nitrogens with one attached hydrogen (secondary N) is 2. The first-order valence-corrected chi connectivity index (χ1v) is 7.22. The molecule has 8 nitrogen and oxygen atoms in total. The van der Waals surface area contributed by atoms with Gasteiger partial charge >= 0.3 is 6.09 Å². The van der Waals surface area contributed by atoms with Crippen molar-refractivity contribution in [2.75, 3.05) is 17.7 Å². The fraction of sp³-hybridized carbons (Fsp3) is 0.167. The number of hydrogen-bond donors (Lipinski definition) is 2. The number of methoxy groups -OCH3 is 1. The van der Waals surface area contributed by atoms with E-state index in [0.29, 0.717) is 5.02 Å². The normalized spacial score (nSPS) is 10.3. The van der Waals surface area contributed by atoms with Crippen molar-refractivity contribution in [3.8, 4) is 0 Å². The predicted molar refractivity (Wildman–Crippen MR) is 86.2 cm³/mol. The van der Waals surface area contributed by atoms with Gasteiger partial charge in [-0.15, -0.1) is 5.10 Å². The number of benzene rings is 1. The molecule has 2 rings (SSSR count). The van der Waals surface area contributed by atoms with Gasteiger partial charge in [0.15, 0.2) is 5.82 Å². The third-order valence-electron chi connectivity index (χ3n) is 2.51. The number of halogens is 3. The van der Waals surface area contributed by atoms with Crippen molar-refractivity contribution in [1.29, 1.82) is 0 Å². The molecular weight excluding hydrogens is 369 g/mol. The largest absolute Gasteiger partial charge is 0.453 e. The number of ether oxygens (including phenoxy) is 1. The van der Waals surface area contributed by atoms with Gasteiger partial charge in [-0.2, -0.15) is 9.90 Å². The molecule has 0 bridgehead atoms. The second-order valence-corrected chi connectivity index (χ2v) is 5.42. The van der Waals surface area contributed by atoms with Gasteiger partial charge in [0.25, 0.3) is 0 Å². The SMILES string of the molecule is COC(=O)Nc1cnn(CC(=O)Nc2c(Cl)cc(Cl)cc2Cl)n1. The van der Waals surface area contributed by atoms with Crippen LogP contribution in [0.3, 0.4) is 0 Å². The maximum atomic E-state index is 12.0. The van der Waals surface area contributed by atoms with Crippen LogP contribution in [0.1, 0.15) is 0 Å². The van der Waals surface area contributed by atoms with Crippen LogP contribution in [0.2, 0.25) is 15.1 Å². The molecule has 0 spiro atoms. The molecule has 0 atom stereocenters. The van der Waals surface area contributed by atoms with Gasteiger partial charge in [-0.3, -0.25) is 10.1 Å². The Morgan fingerprint density at radius 2 is 1.87 bits per heavy atom. The third kappa shape index (κ3) is 4.72. The molecule has 0 aliphatic carbocycles. The zero-order valence-corrected chi connectivity index (χ0v) is 13.9. The van der Waals surface area contributed by atoms with E-state index < -0.39 is 12.0 Å². The van der Waals surface area contributed by atoms with Crippen LogP contribution in [-0.4, -0.2) is 34.1 Å². The van der Waals surface area contributed by atoms with Gasteiger partial charge in [0.2, 0.25) is 5.91 Å². The molecule has 2 amide bonds. The van der Waals surface area contributed by atoms with E-state index in [-0.39, 0.29) is 28.1 Å². The molecule has 0 radical (unpaired) electrons. The zero-order chi connectivity index (χ0) is 17.0. The van der Waals surface area contributed by atoms with Gasteiger partial charge in [0.05, 0.1) is 29.0 Å². The van der Waals surface area contributed by atoms with Crippen LogP contribution in [0.25, 0.3) is 0 Å². The standard InChI is InChI=1S/C12H10Cl3N5O3/c1-23-12(22)17-9-4-16-20(19-9)5-10(21)18-11-7(14)2-6(13)3-8(11)15/h2-4H,5H2,1H3,(H,18,21)(H,17,19,22). The van der Waals surface area contributed by atoms with Crippen LogP contribution >= 0.6 is 34.8 Å². The Bertz CT molecular complexity index is 726.